The van der Waals surface area contributed by atoms with Crippen LogP contribution in [0.1, 0.15) is 0 Å². The normalized spacial score (nSPS) is 9.57. The van der Waals surface area contributed by atoms with E-state index >= 15 is 0 Å². The molecule has 0 aromatic heterocycles. The zero-order valence-electron chi connectivity index (χ0n) is 3.85. The topological polar surface area (TPSA) is 40.1 Å². The predicted octanol–water partition coefficient (Wildman–Crippen LogP) is -3.64. The fourth-order valence-electron chi connectivity index (χ4n) is 0.0278. The maximum Gasteiger partial charge on any atom is 1.00 e. The number of carbonyl (C=O) groups is 1. The minimum Gasteiger partial charge on any atom is -0.876 e. The van der Waals surface area contributed by atoms with Gasteiger partial charge in [0.05, 0.1) is 0 Å². The smallest absolute Gasteiger partial charge is 0.876 e. The van der Waals surface area contributed by atoms with E-state index in [2.05, 4.69) is 0 Å². The molecule has 0 aromatic rings. The van der Waals surface area contributed by atoms with Crippen molar-refractivity contribution in [1.82, 2.24) is 0 Å². The van der Waals surface area contributed by atoms with Gasteiger partial charge in [0, 0.05) is 0 Å². The third-order valence-electron chi connectivity index (χ3n) is 0.225. The van der Waals surface area contributed by atoms with Crippen molar-refractivity contribution in [2.24, 2.45) is 0 Å². The van der Waals surface area contributed by atoms with Crippen LogP contribution in [-0.4, -0.2) is 6.29 Å². The van der Waals surface area contributed by atoms with Crippen molar-refractivity contribution >= 4 is 6.29 Å². The van der Waals surface area contributed by atoms with Crippen molar-refractivity contribution in [1.29, 1.82) is 0 Å². The second-order valence-electron chi connectivity index (χ2n) is 0.621. The molecule has 0 amide bonds. The molecule has 0 spiro atoms. The van der Waals surface area contributed by atoms with Crippen molar-refractivity contribution < 1.29 is 43.8 Å². The molecule has 2 nitrogen and oxygen atoms in total. The van der Waals surface area contributed by atoms with E-state index in [9.17, 15) is 4.39 Å². The molecule has 0 unspecified atom stereocenters. The Morgan fingerprint density at radius 3 is 2.14 bits per heavy atom. The van der Waals surface area contributed by atoms with Crippen LogP contribution < -0.4 is 34.7 Å². The first-order chi connectivity index (χ1) is 2.81. The number of halogens is 1. The van der Waals surface area contributed by atoms with Crippen LogP contribution in [0.15, 0.2) is 12.1 Å². The molecule has 0 fully saturated rings. The van der Waals surface area contributed by atoms with Gasteiger partial charge >= 0.3 is 29.6 Å². The number of carbonyl (C=O) groups excluding carboxylic acids is 1. The van der Waals surface area contributed by atoms with E-state index < -0.39 is 5.83 Å². The molecule has 0 aliphatic heterocycles. The van der Waals surface area contributed by atoms with Crippen LogP contribution in [0.25, 0.3) is 0 Å². The van der Waals surface area contributed by atoms with Crippen LogP contribution in [0, 0.1) is 0 Å². The van der Waals surface area contributed by atoms with Crippen molar-refractivity contribution in [2.75, 3.05) is 0 Å². The standard InChI is InChI=1S/C3H3FO2.Na/c4-3(1-5)2-6;/h1-2,5H;/q;+1/p-1. The number of rotatable bonds is 1. The van der Waals surface area contributed by atoms with E-state index in [1.165, 1.54) is 0 Å². The van der Waals surface area contributed by atoms with Gasteiger partial charge in [0.2, 0.25) is 0 Å². The molecule has 0 bridgehead atoms. The summed E-state index contributed by atoms with van der Waals surface area (Å²) >= 11 is 0. The molecular formula is C3H2FNaO2. The van der Waals surface area contributed by atoms with Gasteiger partial charge in [-0.15, -0.1) is 6.26 Å². The number of hydrogen-bond acceptors (Lipinski definition) is 2. The van der Waals surface area contributed by atoms with Crippen molar-refractivity contribution in [2.45, 2.75) is 0 Å². The largest absolute Gasteiger partial charge is 1.00 e. The molecule has 7 heavy (non-hydrogen) atoms. The van der Waals surface area contributed by atoms with Crippen LogP contribution in [0.3, 0.4) is 0 Å². The molecule has 0 atom stereocenters. The molecule has 0 aliphatic carbocycles. The first-order valence-corrected chi connectivity index (χ1v) is 1.24. The summed E-state index contributed by atoms with van der Waals surface area (Å²) in [5, 5.41) is 9.09. The zero-order chi connectivity index (χ0) is 4.99. The molecule has 34 valence electrons. The fourth-order valence-corrected chi connectivity index (χ4v) is 0.0278. The van der Waals surface area contributed by atoms with Crippen LogP contribution in [0.2, 0.25) is 0 Å². The van der Waals surface area contributed by atoms with Gasteiger partial charge in [-0.05, 0) is 0 Å². The molecular weight excluding hydrogens is 110 g/mol. The molecule has 4 heteroatoms. The minimum absolute atomic E-state index is 0. The van der Waals surface area contributed by atoms with Crippen LogP contribution in [-0.2, 0) is 4.79 Å². The molecule has 0 N–H and O–H groups in total. The first kappa shape index (κ1) is 10.2. The van der Waals surface area contributed by atoms with Gasteiger partial charge in [-0.1, -0.05) is 0 Å². The summed E-state index contributed by atoms with van der Waals surface area (Å²) in [5.74, 6) is -1.27. The number of hydrogen-bond donors (Lipinski definition) is 0. The fraction of sp³-hybridized carbons (Fsp3) is 0. The average Bonchev–Trinajstić information content (AvgIpc) is 1.65. The quantitative estimate of drug-likeness (QED) is 0.152. The summed E-state index contributed by atoms with van der Waals surface area (Å²) in [6, 6.07) is 0. The summed E-state index contributed by atoms with van der Waals surface area (Å²) in [6.07, 6.45) is -0.292. The Morgan fingerprint density at radius 2 is 2.14 bits per heavy atom. The summed E-state index contributed by atoms with van der Waals surface area (Å²) in [4.78, 5) is 9.09. The Balaban J connectivity index is 0. The van der Waals surface area contributed by atoms with E-state index in [1.807, 2.05) is 0 Å². The maximum atomic E-state index is 11.0. The zero-order valence-corrected chi connectivity index (χ0v) is 5.85. The third kappa shape index (κ3) is 6.14. The van der Waals surface area contributed by atoms with Crippen LogP contribution in [0.5, 0.6) is 0 Å². The van der Waals surface area contributed by atoms with Gasteiger partial charge < -0.3 is 5.11 Å². The molecule has 0 rings (SSSR count). The predicted molar refractivity (Wildman–Crippen MR) is 15.3 cm³/mol. The van der Waals surface area contributed by atoms with Gasteiger partial charge in [0.15, 0.2) is 6.29 Å². The molecule has 0 saturated heterocycles. The first-order valence-electron chi connectivity index (χ1n) is 1.24. The van der Waals surface area contributed by atoms with Gasteiger partial charge in [-0.2, -0.15) is 0 Å². The Labute approximate surface area is 62.3 Å². The molecule has 0 aromatic carbocycles. The summed E-state index contributed by atoms with van der Waals surface area (Å²) in [7, 11) is 0. The van der Waals surface area contributed by atoms with Gasteiger partial charge in [-0.3, -0.25) is 4.79 Å². The van der Waals surface area contributed by atoms with Crippen LogP contribution >= 0.6 is 0 Å². The Morgan fingerprint density at radius 1 is 1.71 bits per heavy atom. The molecule has 0 saturated carbocycles. The maximum absolute atomic E-state index is 11.0. The van der Waals surface area contributed by atoms with Gasteiger partial charge in [0.25, 0.3) is 0 Å². The monoisotopic (exact) mass is 112 g/mol. The van der Waals surface area contributed by atoms with Crippen molar-refractivity contribution in [3.63, 3.8) is 0 Å². The van der Waals surface area contributed by atoms with E-state index in [-0.39, 0.29) is 42.1 Å². The number of aldehydes is 1. The third-order valence-corrected chi connectivity index (χ3v) is 0.225. The summed E-state index contributed by atoms with van der Waals surface area (Å²) < 4.78 is 11.0. The van der Waals surface area contributed by atoms with Gasteiger partial charge in [-0.25, -0.2) is 4.39 Å². The van der Waals surface area contributed by atoms with E-state index in [4.69, 9.17) is 9.90 Å². The van der Waals surface area contributed by atoms with Crippen molar-refractivity contribution in [3.8, 4) is 0 Å². The average molecular weight is 112 g/mol. The van der Waals surface area contributed by atoms with E-state index in [0.29, 0.717) is 0 Å². The molecule has 0 aliphatic rings. The van der Waals surface area contributed by atoms with E-state index in [1.54, 1.807) is 0 Å². The minimum atomic E-state index is -1.27. The Kier molecular flexibility index (Phi) is 8.94. The summed E-state index contributed by atoms with van der Waals surface area (Å²) in [5.41, 5.74) is 0. The van der Waals surface area contributed by atoms with Crippen LogP contribution in [0.4, 0.5) is 4.39 Å². The second kappa shape index (κ2) is 6.14. The SMILES string of the molecule is O=CC(F)=C[O-].[Na+]. The van der Waals surface area contributed by atoms with Crippen molar-refractivity contribution in [3.05, 3.63) is 12.1 Å². The Bertz CT molecular complexity index is 81.0. The molecule has 0 radical (unpaired) electrons. The molecule has 0 heterocycles. The Hall–Kier alpha value is 0.140. The van der Waals surface area contributed by atoms with Gasteiger partial charge in [0.1, 0.15) is 5.83 Å². The second-order valence-corrected chi connectivity index (χ2v) is 0.621. The number of allylic oxidation sites excluding steroid dienone is 1. The van der Waals surface area contributed by atoms with E-state index in [0.717, 1.165) is 0 Å². The summed E-state index contributed by atoms with van der Waals surface area (Å²) in [6.45, 7) is 0.